The molecule has 1 N–H and O–H groups in total. The van der Waals surface area contributed by atoms with Crippen LogP contribution in [-0.2, 0) is 9.47 Å². The molecule has 3 rings (SSSR count). The Balaban J connectivity index is 1.72. The molecule has 0 bridgehead atoms. The van der Waals surface area contributed by atoms with Crippen molar-refractivity contribution < 1.29 is 13.9 Å². The third-order valence-corrected chi connectivity index (χ3v) is 5.61. The molecule has 0 saturated carbocycles. The van der Waals surface area contributed by atoms with Gasteiger partial charge < -0.3 is 19.7 Å². The van der Waals surface area contributed by atoms with Gasteiger partial charge in [0.15, 0.2) is 5.96 Å². The van der Waals surface area contributed by atoms with Crippen LogP contribution >= 0.6 is 0 Å². The van der Waals surface area contributed by atoms with Crippen LogP contribution in [0.2, 0.25) is 0 Å². The van der Waals surface area contributed by atoms with E-state index in [2.05, 4.69) is 29.0 Å². The summed E-state index contributed by atoms with van der Waals surface area (Å²) in [5.74, 6) is 0.742. The highest BCUT2D eigenvalue weighted by atomic mass is 19.1. The SMILES string of the molecule is CCNC(=NCC(c1cccc(F)c1)N1CCOCC1)N1CCC(OCC)CC1. The number of morpholine rings is 1. The molecule has 2 aliphatic rings. The van der Waals surface area contributed by atoms with Crippen LogP contribution in [-0.4, -0.2) is 81.0 Å². The average molecular weight is 407 g/mol. The lowest BCUT2D eigenvalue weighted by atomic mass is 10.0. The second-order valence-corrected chi connectivity index (χ2v) is 7.56. The van der Waals surface area contributed by atoms with Crippen LogP contribution in [0.15, 0.2) is 29.3 Å². The number of rotatable bonds is 7. The van der Waals surface area contributed by atoms with Gasteiger partial charge in [-0.2, -0.15) is 0 Å². The number of nitrogens with zero attached hydrogens (tertiary/aromatic N) is 3. The molecule has 7 heteroatoms. The Bertz CT molecular complexity index is 643. The first-order valence-electron chi connectivity index (χ1n) is 10.9. The van der Waals surface area contributed by atoms with Crippen molar-refractivity contribution in [2.45, 2.75) is 38.8 Å². The van der Waals surface area contributed by atoms with Gasteiger partial charge >= 0.3 is 0 Å². The van der Waals surface area contributed by atoms with Crippen molar-refractivity contribution in [3.8, 4) is 0 Å². The predicted octanol–water partition coefficient (Wildman–Crippen LogP) is 2.67. The van der Waals surface area contributed by atoms with E-state index in [1.165, 1.54) is 6.07 Å². The van der Waals surface area contributed by atoms with Crippen LogP contribution in [0.3, 0.4) is 0 Å². The van der Waals surface area contributed by atoms with E-state index in [-0.39, 0.29) is 11.9 Å². The van der Waals surface area contributed by atoms with E-state index in [0.717, 1.165) is 63.7 Å². The van der Waals surface area contributed by atoms with E-state index in [0.29, 0.717) is 25.9 Å². The summed E-state index contributed by atoms with van der Waals surface area (Å²) in [5, 5.41) is 3.44. The van der Waals surface area contributed by atoms with Crippen LogP contribution in [0.25, 0.3) is 0 Å². The first-order chi connectivity index (χ1) is 14.2. The van der Waals surface area contributed by atoms with Gasteiger partial charge in [0.2, 0.25) is 0 Å². The first kappa shape index (κ1) is 22.0. The van der Waals surface area contributed by atoms with Crippen LogP contribution in [0.5, 0.6) is 0 Å². The molecule has 162 valence electrons. The Morgan fingerprint density at radius 3 is 2.66 bits per heavy atom. The minimum absolute atomic E-state index is 0.0456. The lowest BCUT2D eigenvalue weighted by Gasteiger charge is -2.36. The molecule has 0 radical (unpaired) electrons. The highest BCUT2D eigenvalue weighted by Gasteiger charge is 2.25. The maximum Gasteiger partial charge on any atom is 0.193 e. The molecule has 0 aromatic heterocycles. The van der Waals surface area contributed by atoms with E-state index < -0.39 is 0 Å². The smallest absolute Gasteiger partial charge is 0.193 e. The molecule has 2 fully saturated rings. The Labute approximate surface area is 174 Å². The molecule has 6 nitrogen and oxygen atoms in total. The number of hydrogen-bond acceptors (Lipinski definition) is 4. The van der Waals surface area contributed by atoms with Gasteiger partial charge in [0.25, 0.3) is 0 Å². The van der Waals surface area contributed by atoms with E-state index in [4.69, 9.17) is 14.5 Å². The van der Waals surface area contributed by atoms with E-state index in [9.17, 15) is 4.39 Å². The summed E-state index contributed by atoms with van der Waals surface area (Å²) in [6.07, 6.45) is 2.40. The molecule has 0 amide bonds. The number of halogens is 1. The predicted molar refractivity (Wildman–Crippen MR) is 114 cm³/mol. The number of hydrogen-bond donors (Lipinski definition) is 1. The Morgan fingerprint density at radius 2 is 2.00 bits per heavy atom. The third-order valence-electron chi connectivity index (χ3n) is 5.61. The second-order valence-electron chi connectivity index (χ2n) is 7.56. The molecule has 0 aliphatic carbocycles. The van der Waals surface area contributed by atoms with Crippen molar-refractivity contribution in [3.63, 3.8) is 0 Å². The fourth-order valence-electron chi connectivity index (χ4n) is 4.10. The largest absolute Gasteiger partial charge is 0.379 e. The molecule has 1 unspecified atom stereocenters. The van der Waals surface area contributed by atoms with Crippen molar-refractivity contribution in [2.75, 3.05) is 59.1 Å². The summed E-state index contributed by atoms with van der Waals surface area (Å²) in [5.41, 5.74) is 0.974. The van der Waals surface area contributed by atoms with Gasteiger partial charge in [0, 0.05) is 39.3 Å². The highest BCUT2D eigenvalue weighted by Crippen LogP contribution is 2.23. The summed E-state index contributed by atoms with van der Waals surface area (Å²) in [7, 11) is 0. The van der Waals surface area contributed by atoms with Crippen LogP contribution in [0.1, 0.15) is 38.3 Å². The monoisotopic (exact) mass is 406 g/mol. The van der Waals surface area contributed by atoms with Gasteiger partial charge in [0.1, 0.15) is 5.82 Å². The molecule has 1 atom stereocenters. The molecule has 29 heavy (non-hydrogen) atoms. The van der Waals surface area contributed by atoms with E-state index in [1.807, 2.05) is 6.07 Å². The van der Waals surface area contributed by atoms with Gasteiger partial charge in [0.05, 0.1) is 31.9 Å². The normalized spacial score (nSPS) is 20.7. The van der Waals surface area contributed by atoms with Crippen molar-refractivity contribution in [1.29, 1.82) is 0 Å². The average Bonchev–Trinajstić information content (AvgIpc) is 2.75. The fourth-order valence-corrected chi connectivity index (χ4v) is 4.10. The molecule has 1 aromatic rings. The maximum absolute atomic E-state index is 13.9. The van der Waals surface area contributed by atoms with Crippen LogP contribution in [0.4, 0.5) is 4.39 Å². The molecule has 2 aliphatic heterocycles. The summed E-state index contributed by atoms with van der Waals surface area (Å²) >= 11 is 0. The Kier molecular flexibility index (Phi) is 8.70. The molecule has 2 saturated heterocycles. The summed E-state index contributed by atoms with van der Waals surface area (Å²) in [6.45, 7) is 11.3. The second kappa shape index (κ2) is 11.5. The number of likely N-dealkylation sites (tertiary alicyclic amines) is 1. The van der Waals surface area contributed by atoms with Gasteiger partial charge in [-0.1, -0.05) is 12.1 Å². The topological polar surface area (TPSA) is 49.3 Å². The molecular weight excluding hydrogens is 371 g/mol. The van der Waals surface area contributed by atoms with Crippen molar-refractivity contribution >= 4 is 5.96 Å². The fraction of sp³-hybridized carbons (Fsp3) is 0.682. The highest BCUT2D eigenvalue weighted by molar-refractivity contribution is 5.80. The Hall–Kier alpha value is -1.70. The quantitative estimate of drug-likeness (QED) is 0.557. The van der Waals surface area contributed by atoms with Crippen LogP contribution in [0, 0.1) is 5.82 Å². The Morgan fingerprint density at radius 1 is 1.24 bits per heavy atom. The van der Waals surface area contributed by atoms with Crippen LogP contribution < -0.4 is 5.32 Å². The summed E-state index contributed by atoms with van der Waals surface area (Å²) in [6, 6.07) is 6.96. The van der Waals surface area contributed by atoms with Gasteiger partial charge in [-0.25, -0.2) is 4.39 Å². The standard InChI is InChI=1S/C22H35FN4O2/c1-3-24-22(27-10-8-20(9-11-27)29-4-2)25-17-21(26-12-14-28-15-13-26)18-6-5-7-19(23)16-18/h5-7,16,20-21H,3-4,8-15,17H2,1-2H3,(H,24,25). The molecule has 1 aromatic carbocycles. The lowest BCUT2D eigenvalue weighted by molar-refractivity contribution is 0.0176. The third kappa shape index (κ3) is 6.39. The zero-order chi connectivity index (χ0) is 20.5. The van der Waals surface area contributed by atoms with E-state index >= 15 is 0 Å². The number of ether oxygens (including phenoxy) is 2. The zero-order valence-corrected chi connectivity index (χ0v) is 17.8. The molecule has 2 heterocycles. The first-order valence-corrected chi connectivity index (χ1v) is 10.9. The van der Waals surface area contributed by atoms with E-state index in [1.54, 1.807) is 12.1 Å². The maximum atomic E-state index is 13.9. The van der Waals surface area contributed by atoms with Crippen molar-refractivity contribution in [3.05, 3.63) is 35.6 Å². The number of nitrogens with one attached hydrogen (secondary N) is 1. The zero-order valence-electron chi connectivity index (χ0n) is 17.8. The summed E-state index contributed by atoms with van der Waals surface area (Å²) in [4.78, 5) is 9.65. The number of piperidine rings is 1. The van der Waals surface area contributed by atoms with Gasteiger partial charge in [-0.3, -0.25) is 9.89 Å². The van der Waals surface area contributed by atoms with Gasteiger partial charge in [-0.05, 0) is 44.4 Å². The molecule has 0 spiro atoms. The van der Waals surface area contributed by atoms with Crippen molar-refractivity contribution in [2.24, 2.45) is 4.99 Å². The number of aliphatic imine (C=N–C) groups is 1. The van der Waals surface area contributed by atoms with Crippen molar-refractivity contribution in [1.82, 2.24) is 15.1 Å². The lowest BCUT2D eigenvalue weighted by Crippen LogP contribution is -2.47. The van der Waals surface area contributed by atoms with Gasteiger partial charge in [-0.15, -0.1) is 0 Å². The minimum Gasteiger partial charge on any atom is -0.379 e. The summed E-state index contributed by atoms with van der Waals surface area (Å²) < 4.78 is 25.2. The number of guanidine groups is 1. The number of benzene rings is 1. The molecular formula is C22H35FN4O2. The minimum atomic E-state index is -0.199.